The highest BCUT2D eigenvalue weighted by atomic mass is 79.9. The summed E-state index contributed by atoms with van der Waals surface area (Å²) in [7, 11) is 0. The Labute approximate surface area is 68.5 Å². The Kier molecular flexibility index (Phi) is 2.86. The Bertz CT molecular complexity index is 158. The lowest BCUT2D eigenvalue weighted by Crippen LogP contribution is -1.82. The molecule has 0 bridgehead atoms. The lowest BCUT2D eigenvalue weighted by molar-refractivity contribution is 1.02. The van der Waals surface area contributed by atoms with Crippen LogP contribution >= 0.6 is 27.7 Å². The minimum absolute atomic E-state index is 1.17. The van der Waals surface area contributed by atoms with Crippen LogP contribution in [0, 0.1) is 0 Å². The van der Waals surface area contributed by atoms with Crippen molar-refractivity contribution in [2.75, 3.05) is 6.26 Å². The van der Waals surface area contributed by atoms with E-state index in [2.05, 4.69) is 34.3 Å². The van der Waals surface area contributed by atoms with Crippen molar-refractivity contribution in [1.29, 1.82) is 0 Å². The summed E-state index contributed by atoms with van der Waals surface area (Å²) in [5, 5.41) is 0. The summed E-state index contributed by atoms with van der Waals surface area (Å²) in [6.07, 6.45) is 8.93. The summed E-state index contributed by atoms with van der Waals surface area (Å²) in [6, 6.07) is 0. The van der Waals surface area contributed by atoms with Gasteiger partial charge in [0.1, 0.15) is 0 Å². The molecule has 1 rings (SSSR count). The second kappa shape index (κ2) is 3.47. The molecule has 1 aliphatic rings. The fourth-order valence-corrected chi connectivity index (χ4v) is 1.95. The van der Waals surface area contributed by atoms with Gasteiger partial charge in [-0.15, -0.1) is 11.8 Å². The normalized spacial score (nSPS) is 18.9. The number of allylic oxidation sites excluding steroid dienone is 3. The van der Waals surface area contributed by atoms with Crippen LogP contribution in [0.25, 0.3) is 0 Å². The quantitative estimate of drug-likeness (QED) is 0.632. The average molecular weight is 205 g/mol. The van der Waals surface area contributed by atoms with Crippen LogP contribution in [0.4, 0.5) is 0 Å². The summed E-state index contributed by atoms with van der Waals surface area (Å²) in [5.74, 6) is 0. The molecule has 0 aromatic rings. The molecule has 0 nitrogen and oxygen atoms in total. The standard InChI is InChI=1S/C7H9BrS/c1-9-7-4-2-3-6(8)5-7/h4-5H,2-3H2,1H3. The van der Waals surface area contributed by atoms with E-state index >= 15 is 0 Å². The maximum atomic E-state index is 3.48. The zero-order valence-corrected chi connectivity index (χ0v) is 7.76. The van der Waals surface area contributed by atoms with Crippen LogP contribution in [0.2, 0.25) is 0 Å². The number of rotatable bonds is 1. The number of hydrogen-bond donors (Lipinski definition) is 0. The van der Waals surface area contributed by atoms with Crippen molar-refractivity contribution in [3.63, 3.8) is 0 Å². The van der Waals surface area contributed by atoms with Crippen molar-refractivity contribution in [2.24, 2.45) is 0 Å². The summed E-state index contributed by atoms with van der Waals surface area (Å²) < 4.78 is 1.33. The van der Waals surface area contributed by atoms with Crippen molar-refractivity contribution >= 4 is 27.7 Å². The van der Waals surface area contributed by atoms with E-state index in [0.29, 0.717) is 0 Å². The van der Waals surface area contributed by atoms with Crippen molar-refractivity contribution in [3.8, 4) is 0 Å². The summed E-state index contributed by atoms with van der Waals surface area (Å²) in [6.45, 7) is 0. The van der Waals surface area contributed by atoms with Crippen molar-refractivity contribution in [1.82, 2.24) is 0 Å². The second-order valence-electron chi connectivity index (χ2n) is 1.94. The lowest BCUT2D eigenvalue weighted by atomic mass is 10.2. The molecule has 2 heteroatoms. The molecule has 0 N–H and O–H groups in total. The average Bonchev–Trinajstić information content (AvgIpc) is 1.88. The van der Waals surface area contributed by atoms with E-state index in [0.717, 1.165) is 0 Å². The highest BCUT2D eigenvalue weighted by Crippen LogP contribution is 2.26. The predicted molar refractivity (Wildman–Crippen MR) is 47.8 cm³/mol. The molecule has 0 aromatic heterocycles. The third kappa shape index (κ3) is 2.18. The van der Waals surface area contributed by atoms with Gasteiger partial charge in [-0.3, -0.25) is 0 Å². The van der Waals surface area contributed by atoms with Crippen LogP contribution in [-0.2, 0) is 0 Å². The minimum atomic E-state index is 1.17. The van der Waals surface area contributed by atoms with Crippen LogP contribution in [-0.4, -0.2) is 6.26 Å². The van der Waals surface area contributed by atoms with Gasteiger partial charge in [-0.2, -0.15) is 0 Å². The highest BCUT2D eigenvalue weighted by Gasteiger charge is 1.99. The fourth-order valence-electron chi connectivity index (χ4n) is 0.780. The molecular formula is C7H9BrS. The first-order valence-electron chi connectivity index (χ1n) is 2.93. The maximum absolute atomic E-state index is 3.48. The fraction of sp³-hybridized carbons (Fsp3) is 0.429. The van der Waals surface area contributed by atoms with E-state index in [4.69, 9.17) is 0 Å². The lowest BCUT2D eigenvalue weighted by Gasteiger charge is -2.05. The van der Waals surface area contributed by atoms with Gasteiger partial charge in [-0.1, -0.05) is 22.0 Å². The van der Waals surface area contributed by atoms with E-state index in [1.807, 2.05) is 0 Å². The van der Waals surface area contributed by atoms with Gasteiger partial charge < -0.3 is 0 Å². The third-order valence-electron chi connectivity index (χ3n) is 1.26. The van der Waals surface area contributed by atoms with Gasteiger partial charge in [0.05, 0.1) is 0 Å². The van der Waals surface area contributed by atoms with Gasteiger partial charge in [-0.25, -0.2) is 0 Å². The van der Waals surface area contributed by atoms with E-state index in [1.165, 1.54) is 22.2 Å². The summed E-state index contributed by atoms with van der Waals surface area (Å²) >= 11 is 5.28. The van der Waals surface area contributed by atoms with Crippen molar-refractivity contribution < 1.29 is 0 Å². The van der Waals surface area contributed by atoms with Crippen LogP contribution in [0.5, 0.6) is 0 Å². The van der Waals surface area contributed by atoms with E-state index in [9.17, 15) is 0 Å². The Morgan fingerprint density at radius 1 is 1.67 bits per heavy atom. The van der Waals surface area contributed by atoms with Gasteiger partial charge >= 0.3 is 0 Å². The smallest absolute Gasteiger partial charge is 0.00372 e. The molecule has 0 amide bonds. The van der Waals surface area contributed by atoms with E-state index in [1.54, 1.807) is 11.8 Å². The molecule has 0 radical (unpaired) electrons. The molecule has 1 aliphatic carbocycles. The van der Waals surface area contributed by atoms with Crippen LogP contribution in [0.3, 0.4) is 0 Å². The monoisotopic (exact) mass is 204 g/mol. The Morgan fingerprint density at radius 2 is 2.44 bits per heavy atom. The molecule has 9 heavy (non-hydrogen) atoms. The van der Waals surface area contributed by atoms with Gasteiger partial charge in [0.2, 0.25) is 0 Å². The molecular weight excluding hydrogens is 196 g/mol. The molecule has 0 heterocycles. The first kappa shape index (κ1) is 7.42. The molecule has 0 atom stereocenters. The van der Waals surface area contributed by atoms with Gasteiger partial charge in [-0.05, 0) is 29.7 Å². The van der Waals surface area contributed by atoms with Crippen LogP contribution < -0.4 is 0 Å². The molecule has 0 aliphatic heterocycles. The first-order chi connectivity index (χ1) is 4.33. The summed E-state index contributed by atoms with van der Waals surface area (Å²) in [5.41, 5.74) is 0. The SMILES string of the molecule is CSC1=CCCC(Br)=C1. The number of hydrogen-bond acceptors (Lipinski definition) is 1. The maximum Gasteiger partial charge on any atom is 0.00372 e. The highest BCUT2D eigenvalue weighted by molar-refractivity contribution is 9.11. The molecule has 0 spiro atoms. The molecule has 50 valence electrons. The van der Waals surface area contributed by atoms with Crippen molar-refractivity contribution in [2.45, 2.75) is 12.8 Å². The molecule has 0 unspecified atom stereocenters. The van der Waals surface area contributed by atoms with Crippen LogP contribution in [0.15, 0.2) is 21.5 Å². The molecule has 0 fully saturated rings. The van der Waals surface area contributed by atoms with E-state index < -0.39 is 0 Å². The Balaban J connectivity index is 2.63. The zero-order chi connectivity index (χ0) is 6.69. The van der Waals surface area contributed by atoms with Gasteiger partial charge in [0.15, 0.2) is 0 Å². The first-order valence-corrected chi connectivity index (χ1v) is 4.95. The largest absolute Gasteiger partial charge is 0.130 e. The zero-order valence-electron chi connectivity index (χ0n) is 5.36. The number of halogens is 1. The third-order valence-corrected chi connectivity index (χ3v) is 2.64. The van der Waals surface area contributed by atoms with Gasteiger partial charge in [0, 0.05) is 4.91 Å². The van der Waals surface area contributed by atoms with Gasteiger partial charge in [0.25, 0.3) is 0 Å². The summed E-state index contributed by atoms with van der Waals surface area (Å²) in [4.78, 5) is 1.38. The van der Waals surface area contributed by atoms with Crippen LogP contribution in [0.1, 0.15) is 12.8 Å². The Morgan fingerprint density at radius 3 is 2.89 bits per heavy atom. The second-order valence-corrected chi connectivity index (χ2v) is 3.84. The molecule has 0 saturated heterocycles. The molecule has 0 aromatic carbocycles. The number of thioether (sulfide) groups is 1. The van der Waals surface area contributed by atoms with E-state index in [-0.39, 0.29) is 0 Å². The Hall–Kier alpha value is 0.310. The topological polar surface area (TPSA) is 0 Å². The minimum Gasteiger partial charge on any atom is -0.130 e. The predicted octanol–water partition coefficient (Wildman–Crippen LogP) is 3.31. The van der Waals surface area contributed by atoms with Crippen molar-refractivity contribution in [3.05, 3.63) is 21.5 Å². The molecule has 0 saturated carbocycles.